The third-order valence-electron chi connectivity index (χ3n) is 10.2. The second-order valence-electron chi connectivity index (χ2n) is 16.0. The van der Waals surface area contributed by atoms with Crippen LogP contribution in [0.1, 0.15) is 226 Å². The number of hydrogen-bond donors (Lipinski definition) is 0. The first-order chi connectivity index (χ1) is 29.0. The molecule has 1 atom stereocenters. The van der Waals surface area contributed by atoms with Gasteiger partial charge < -0.3 is 14.2 Å². The van der Waals surface area contributed by atoms with E-state index in [1.54, 1.807) is 0 Å². The van der Waals surface area contributed by atoms with E-state index in [9.17, 15) is 14.4 Å². The van der Waals surface area contributed by atoms with Crippen LogP contribution in [0.3, 0.4) is 0 Å². The van der Waals surface area contributed by atoms with Gasteiger partial charge in [0.15, 0.2) is 6.10 Å². The SMILES string of the molecule is CC/C=C\C/C=C\C/C=C\C/C=C\C/C=C\C/C=C\CCC(=O)OCC(COC(=O)CCCCCCCCCCCC)OC(=O)CCCCCCCCCCCCCC. The van der Waals surface area contributed by atoms with Crippen LogP contribution in [0.15, 0.2) is 72.9 Å². The molecule has 0 amide bonds. The van der Waals surface area contributed by atoms with E-state index in [1.165, 1.54) is 103 Å². The molecule has 6 nitrogen and oxygen atoms in total. The molecule has 0 aromatic rings. The van der Waals surface area contributed by atoms with E-state index in [-0.39, 0.29) is 37.5 Å². The Balaban J connectivity index is 4.46. The van der Waals surface area contributed by atoms with Crippen molar-refractivity contribution >= 4 is 17.9 Å². The molecule has 0 rings (SSSR count). The van der Waals surface area contributed by atoms with Crippen molar-refractivity contribution in [3.8, 4) is 0 Å². The lowest BCUT2D eigenvalue weighted by atomic mass is 10.0. The third kappa shape index (κ3) is 45.8. The molecule has 0 N–H and O–H groups in total. The Hall–Kier alpha value is -3.15. The van der Waals surface area contributed by atoms with Crippen LogP contribution in [-0.4, -0.2) is 37.2 Å². The van der Waals surface area contributed by atoms with Crippen LogP contribution >= 0.6 is 0 Å². The summed E-state index contributed by atoms with van der Waals surface area (Å²) < 4.78 is 16.7. The van der Waals surface area contributed by atoms with E-state index in [1.807, 2.05) is 6.08 Å². The number of unbranched alkanes of at least 4 members (excludes halogenated alkanes) is 20. The van der Waals surface area contributed by atoms with Crippen LogP contribution in [0.25, 0.3) is 0 Å². The minimum Gasteiger partial charge on any atom is -0.462 e. The quantitative estimate of drug-likeness (QED) is 0.0264. The van der Waals surface area contributed by atoms with Crippen LogP contribution in [0.2, 0.25) is 0 Å². The largest absolute Gasteiger partial charge is 0.462 e. The fourth-order valence-corrected chi connectivity index (χ4v) is 6.58. The van der Waals surface area contributed by atoms with Crippen molar-refractivity contribution in [2.24, 2.45) is 0 Å². The lowest BCUT2D eigenvalue weighted by Crippen LogP contribution is -2.30. The standard InChI is InChI=1S/C53H90O6/c1-4-7-10-13-16-19-22-24-25-26-27-28-29-30-32-34-37-40-43-46-52(55)58-49-50(48-57-51(54)45-42-39-36-33-21-18-15-12-9-6-3)59-53(56)47-44-41-38-35-31-23-20-17-14-11-8-5-2/h7,10,16,19,24-25,27-28,30,32,37,40,50H,4-6,8-9,11-15,17-18,20-23,26,29,31,33-36,38-39,41-49H2,1-3H3/b10-7-,19-16-,25-24-,28-27-,32-30-,40-37-. The van der Waals surface area contributed by atoms with Gasteiger partial charge in [0.2, 0.25) is 0 Å². The van der Waals surface area contributed by atoms with Crippen LogP contribution in [0.5, 0.6) is 0 Å². The van der Waals surface area contributed by atoms with Crippen LogP contribution in [0, 0.1) is 0 Å². The van der Waals surface area contributed by atoms with Crippen molar-refractivity contribution in [1.29, 1.82) is 0 Å². The van der Waals surface area contributed by atoms with E-state index in [4.69, 9.17) is 14.2 Å². The molecule has 0 aliphatic rings. The van der Waals surface area contributed by atoms with Gasteiger partial charge in [-0.3, -0.25) is 14.4 Å². The van der Waals surface area contributed by atoms with Gasteiger partial charge in [-0.2, -0.15) is 0 Å². The van der Waals surface area contributed by atoms with Crippen LogP contribution in [-0.2, 0) is 28.6 Å². The van der Waals surface area contributed by atoms with Gasteiger partial charge in [0.1, 0.15) is 13.2 Å². The van der Waals surface area contributed by atoms with Crippen molar-refractivity contribution < 1.29 is 28.6 Å². The maximum absolute atomic E-state index is 12.7. The number of hydrogen-bond acceptors (Lipinski definition) is 6. The highest BCUT2D eigenvalue weighted by atomic mass is 16.6. The van der Waals surface area contributed by atoms with Gasteiger partial charge in [-0.05, 0) is 57.8 Å². The normalized spacial score (nSPS) is 12.7. The highest BCUT2D eigenvalue weighted by molar-refractivity contribution is 5.71. The van der Waals surface area contributed by atoms with E-state index in [0.29, 0.717) is 19.3 Å². The van der Waals surface area contributed by atoms with Crippen molar-refractivity contribution in [2.75, 3.05) is 13.2 Å². The predicted molar refractivity (Wildman–Crippen MR) is 251 cm³/mol. The van der Waals surface area contributed by atoms with E-state index in [0.717, 1.165) is 77.0 Å². The number of allylic oxidation sites excluding steroid dienone is 12. The Morgan fingerprint density at radius 1 is 0.356 bits per heavy atom. The molecule has 0 radical (unpaired) electrons. The molecule has 0 heterocycles. The molecule has 1 unspecified atom stereocenters. The molecular weight excluding hydrogens is 733 g/mol. The average Bonchev–Trinajstić information content (AvgIpc) is 3.23. The van der Waals surface area contributed by atoms with Gasteiger partial charge in [-0.1, -0.05) is 222 Å². The molecule has 59 heavy (non-hydrogen) atoms. The Bertz CT molecular complexity index is 1130. The molecule has 0 saturated carbocycles. The monoisotopic (exact) mass is 823 g/mol. The number of carbonyl (C=O) groups excluding carboxylic acids is 3. The number of ether oxygens (including phenoxy) is 3. The Labute approximate surface area is 363 Å². The zero-order valence-electron chi connectivity index (χ0n) is 38.5. The molecule has 0 aliphatic carbocycles. The van der Waals surface area contributed by atoms with Gasteiger partial charge in [0, 0.05) is 19.3 Å². The van der Waals surface area contributed by atoms with Crippen molar-refractivity contribution in [3.63, 3.8) is 0 Å². The van der Waals surface area contributed by atoms with E-state index >= 15 is 0 Å². The first-order valence-electron chi connectivity index (χ1n) is 24.4. The molecule has 0 bridgehead atoms. The van der Waals surface area contributed by atoms with Crippen molar-refractivity contribution in [3.05, 3.63) is 72.9 Å². The summed E-state index contributed by atoms with van der Waals surface area (Å²) in [5.74, 6) is -0.986. The average molecular weight is 823 g/mol. The third-order valence-corrected chi connectivity index (χ3v) is 10.2. The molecule has 0 aromatic carbocycles. The lowest BCUT2D eigenvalue weighted by molar-refractivity contribution is -0.166. The number of esters is 3. The molecule has 0 saturated heterocycles. The minimum absolute atomic E-state index is 0.0960. The summed E-state index contributed by atoms with van der Waals surface area (Å²) in [4.78, 5) is 37.8. The summed E-state index contributed by atoms with van der Waals surface area (Å²) in [7, 11) is 0. The summed E-state index contributed by atoms with van der Waals surface area (Å²) in [6, 6.07) is 0. The molecule has 338 valence electrons. The van der Waals surface area contributed by atoms with Gasteiger partial charge >= 0.3 is 17.9 Å². The summed E-state index contributed by atoms with van der Waals surface area (Å²) >= 11 is 0. The molecule has 0 aliphatic heterocycles. The van der Waals surface area contributed by atoms with Crippen molar-refractivity contribution in [2.45, 2.75) is 232 Å². The Kier molecular flexibility index (Phi) is 45.0. The predicted octanol–water partition coefficient (Wildman–Crippen LogP) is 15.9. The molecular formula is C53H90O6. The van der Waals surface area contributed by atoms with Crippen molar-refractivity contribution in [1.82, 2.24) is 0 Å². The molecule has 6 heteroatoms. The first-order valence-corrected chi connectivity index (χ1v) is 24.4. The maximum atomic E-state index is 12.7. The maximum Gasteiger partial charge on any atom is 0.306 e. The molecule has 0 spiro atoms. The summed E-state index contributed by atoms with van der Waals surface area (Å²) in [6.07, 6.45) is 59.0. The Morgan fingerprint density at radius 3 is 1.03 bits per heavy atom. The zero-order valence-corrected chi connectivity index (χ0v) is 38.5. The van der Waals surface area contributed by atoms with Gasteiger partial charge in [-0.15, -0.1) is 0 Å². The summed E-state index contributed by atoms with van der Waals surface area (Å²) in [6.45, 7) is 6.44. The highest BCUT2D eigenvalue weighted by Gasteiger charge is 2.19. The van der Waals surface area contributed by atoms with Gasteiger partial charge in [0.05, 0.1) is 0 Å². The second kappa shape index (κ2) is 47.5. The fraction of sp³-hybridized carbons (Fsp3) is 0.717. The second-order valence-corrected chi connectivity index (χ2v) is 16.0. The Morgan fingerprint density at radius 2 is 0.661 bits per heavy atom. The number of rotatable bonds is 43. The first kappa shape index (κ1) is 55.9. The lowest BCUT2D eigenvalue weighted by Gasteiger charge is -2.18. The van der Waals surface area contributed by atoms with Crippen LogP contribution < -0.4 is 0 Å². The minimum atomic E-state index is -0.800. The zero-order chi connectivity index (χ0) is 43.0. The summed E-state index contributed by atoms with van der Waals surface area (Å²) in [5, 5.41) is 0. The molecule has 0 fully saturated rings. The summed E-state index contributed by atoms with van der Waals surface area (Å²) in [5.41, 5.74) is 0. The molecule has 0 aromatic heterocycles. The fourth-order valence-electron chi connectivity index (χ4n) is 6.58. The van der Waals surface area contributed by atoms with Gasteiger partial charge in [0.25, 0.3) is 0 Å². The highest BCUT2D eigenvalue weighted by Crippen LogP contribution is 2.14. The van der Waals surface area contributed by atoms with E-state index in [2.05, 4.69) is 87.6 Å². The smallest absolute Gasteiger partial charge is 0.306 e. The number of carbonyl (C=O) groups is 3. The topological polar surface area (TPSA) is 78.9 Å². The van der Waals surface area contributed by atoms with E-state index < -0.39 is 6.10 Å². The van der Waals surface area contributed by atoms with Gasteiger partial charge in [-0.25, -0.2) is 0 Å². The van der Waals surface area contributed by atoms with Crippen LogP contribution in [0.4, 0.5) is 0 Å².